The van der Waals surface area contributed by atoms with E-state index in [0.717, 1.165) is 12.8 Å². The van der Waals surface area contributed by atoms with Crippen molar-refractivity contribution >= 4 is 23.8 Å². The number of nitrogens with zero attached hydrogens (tertiary/aromatic N) is 1. The lowest BCUT2D eigenvalue weighted by Gasteiger charge is -2.35. The number of aliphatic imine (C=N–C) groups is 1. The van der Waals surface area contributed by atoms with E-state index in [2.05, 4.69) is 4.99 Å². The van der Waals surface area contributed by atoms with Gasteiger partial charge in [-0.25, -0.2) is 4.99 Å². The van der Waals surface area contributed by atoms with Gasteiger partial charge >= 0.3 is 17.9 Å². The summed E-state index contributed by atoms with van der Waals surface area (Å²) in [6.45, 7) is 5.29. The van der Waals surface area contributed by atoms with Crippen molar-refractivity contribution in [3.05, 3.63) is 0 Å². The Morgan fingerprint density at radius 2 is 1.53 bits per heavy atom. The molecule has 1 heterocycles. The van der Waals surface area contributed by atoms with Gasteiger partial charge in [0, 0.05) is 27.2 Å². The number of hydrogen-bond donors (Lipinski definition) is 0. The van der Waals surface area contributed by atoms with Crippen LogP contribution in [-0.2, 0) is 38.4 Å². The molecule has 0 spiro atoms. The Morgan fingerprint density at radius 3 is 2.10 bits per heavy atom. The van der Waals surface area contributed by atoms with Crippen LogP contribution in [0.4, 0.5) is 0 Å². The van der Waals surface area contributed by atoms with Gasteiger partial charge in [-0.1, -0.05) is 25.7 Å². The first kappa shape index (κ1) is 24.1. The van der Waals surface area contributed by atoms with Crippen LogP contribution in [0, 0.1) is 5.92 Å². The third-order valence-corrected chi connectivity index (χ3v) is 5.27. The predicted molar refractivity (Wildman–Crippen MR) is 106 cm³/mol. The molecule has 2 aliphatic rings. The van der Waals surface area contributed by atoms with Gasteiger partial charge in [-0.3, -0.25) is 14.4 Å². The van der Waals surface area contributed by atoms with Gasteiger partial charge in [0.2, 0.25) is 5.90 Å². The van der Waals surface area contributed by atoms with E-state index in [0.29, 0.717) is 18.2 Å². The van der Waals surface area contributed by atoms with Crippen LogP contribution in [0.5, 0.6) is 0 Å². The van der Waals surface area contributed by atoms with E-state index >= 15 is 0 Å². The highest BCUT2D eigenvalue weighted by molar-refractivity contribution is 5.76. The Hall–Kier alpha value is -2.16. The minimum atomic E-state index is -1.05. The molecule has 1 aliphatic heterocycles. The summed E-state index contributed by atoms with van der Waals surface area (Å²) in [6, 6.07) is -0.553. The molecule has 30 heavy (non-hydrogen) atoms. The van der Waals surface area contributed by atoms with Crippen LogP contribution >= 0.6 is 0 Å². The maximum absolute atomic E-state index is 11.7. The Balaban J connectivity index is 2.26. The fourth-order valence-corrected chi connectivity index (χ4v) is 3.90. The molecular formula is C21H33NO8. The maximum atomic E-state index is 11.7. The van der Waals surface area contributed by atoms with E-state index in [9.17, 15) is 14.4 Å². The number of esters is 3. The first-order valence-electron chi connectivity index (χ1n) is 10.6. The topological polar surface area (TPSA) is 110 Å². The molecule has 9 nitrogen and oxygen atoms in total. The molecule has 1 aliphatic carbocycles. The largest absolute Gasteiger partial charge is 0.463 e. The second kappa shape index (κ2) is 11.9. The molecule has 4 atom stereocenters. The highest BCUT2D eigenvalue weighted by atomic mass is 17.2. The average Bonchev–Trinajstić information content (AvgIpc) is 2.92. The quantitative estimate of drug-likeness (QED) is 0.275. The zero-order valence-electron chi connectivity index (χ0n) is 18.3. The molecule has 0 aromatic rings. The number of hydrogen-bond acceptors (Lipinski definition) is 9. The monoisotopic (exact) mass is 427 g/mol. The molecule has 0 N–H and O–H groups in total. The van der Waals surface area contributed by atoms with Crippen LogP contribution in [0.3, 0.4) is 0 Å². The van der Waals surface area contributed by atoms with Crippen LogP contribution in [0.15, 0.2) is 4.99 Å². The lowest BCUT2D eigenvalue weighted by Crippen LogP contribution is -2.52. The third kappa shape index (κ3) is 7.93. The summed E-state index contributed by atoms with van der Waals surface area (Å²) in [5.74, 6) is -0.821. The maximum Gasteiger partial charge on any atom is 0.303 e. The van der Waals surface area contributed by atoms with Gasteiger partial charge in [0.25, 0.3) is 0 Å². The molecule has 2 rings (SSSR count). The van der Waals surface area contributed by atoms with Gasteiger partial charge in [-0.05, 0) is 25.7 Å². The summed E-state index contributed by atoms with van der Waals surface area (Å²) >= 11 is 0. The Morgan fingerprint density at radius 1 is 0.933 bits per heavy atom. The molecule has 0 saturated heterocycles. The Bertz CT molecular complexity index is 626. The normalized spacial score (nSPS) is 29.8. The van der Waals surface area contributed by atoms with Gasteiger partial charge in [-0.15, -0.1) is 0 Å². The summed E-state index contributed by atoms with van der Waals surface area (Å²) in [5, 5.41) is 0. The SMILES string of the molecule is CC(=O)OCC1OO/C(CC2CCCCCC2)=N\[C@H](C)C(OC(C)=O)[C@@H]1OC(C)=O. The lowest BCUT2D eigenvalue weighted by molar-refractivity contribution is -0.301. The minimum absolute atomic E-state index is 0.228. The molecule has 1 saturated carbocycles. The van der Waals surface area contributed by atoms with Crippen molar-refractivity contribution in [2.24, 2.45) is 10.9 Å². The molecular weight excluding hydrogens is 394 g/mol. The summed E-state index contributed by atoms with van der Waals surface area (Å²) in [4.78, 5) is 50.4. The molecule has 1 fully saturated rings. The van der Waals surface area contributed by atoms with Crippen molar-refractivity contribution in [3.63, 3.8) is 0 Å². The van der Waals surface area contributed by atoms with Crippen molar-refractivity contribution in [1.29, 1.82) is 0 Å². The molecule has 0 aromatic carbocycles. The molecule has 170 valence electrons. The van der Waals surface area contributed by atoms with Crippen molar-refractivity contribution in [2.75, 3.05) is 6.61 Å². The second-order valence-electron chi connectivity index (χ2n) is 7.99. The highest BCUT2D eigenvalue weighted by Gasteiger charge is 2.42. The lowest BCUT2D eigenvalue weighted by atomic mass is 9.96. The van der Waals surface area contributed by atoms with E-state index < -0.39 is 42.3 Å². The summed E-state index contributed by atoms with van der Waals surface area (Å²) in [7, 11) is 0. The van der Waals surface area contributed by atoms with Crippen molar-refractivity contribution < 1.29 is 38.4 Å². The van der Waals surface area contributed by atoms with Gasteiger partial charge in [0.05, 0.1) is 6.04 Å². The number of carbonyl (C=O) groups is 3. The van der Waals surface area contributed by atoms with Crippen molar-refractivity contribution in [1.82, 2.24) is 0 Å². The van der Waals surface area contributed by atoms with E-state index in [1.165, 1.54) is 46.5 Å². The fourth-order valence-electron chi connectivity index (χ4n) is 3.90. The number of carbonyl (C=O) groups excluding carboxylic acids is 3. The van der Waals surface area contributed by atoms with Crippen LogP contribution in [0.1, 0.15) is 72.6 Å². The van der Waals surface area contributed by atoms with Crippen LogP contribution in [0.2, 0.25) is 0 Å². The third-order valence-electron chi connectivity index (χ3n) is 5.27. The van der Waals surface area contributed by atoms with Gasteiger partial charge in [-0.2, -0.15) is 4.89 Å². The zero-order valence-corrected chi connectivity index (χ0v) is 18.3. The molecule has 2 unspecified atom stereocenters. The predicted octanol–water partition coefficient (Wildman–Crippen LogP) is 2.89. The van der Waals surface area contributed by atoms with E-state index in [-0.39, 0.29) is 6.61 Å². The van der Waals surface area contributed by atoms with E-state index in [4.69, 9.17) is 24.0 Å². The Labute approximate surface area is 177 Å². The first-order chi connectivity index (χ1) is 14.3. The van der Waals surface area contributed by atoms with E-state index in [1.54, 1.807) is 6.92 Å². The number of ether oxygens (including phenoxy) is 3. The standard InChI is InChI=1S/C21H33NO8/c1-13-20(27-15(3)24)21(28-16(4)25)18(12-26-14(2)23)29-30-19(22-13)11-17-9-7-5-6-8-10-17/h13,17-18,20-21H,5-12H2,1-4H3/b22-19-/t13-,18?,20?,21-/m1/s1. The van der Waals surface area contributed by atoms with Gasteiger partial charge in [0.1, 0.15) is 6.61 Å². The Kier molecular flexibility index (Phi) is 9.55. The fraction of sp³-hybridized carbons (Fsp3) is 0.810. The highest BCUT2D eigenvalue weighted by Crippen LogP contribution is 2.28. The van der Waals surface area contributed by atoms with E-state index in [1.807, 2.05) is 0 Å². The molecule has 0 bridgehead atoms. The van der Waals surface area contributed by atoms with Crippen molar-refractivity contribution in [2.45, 2.75) is 97.0 Å². The molecule has 0 radical (unpaired) electrons. The summed E-state index contributed by atoms with van der Waals surface area (Å²) < 4.78 is 15.9. The molecule has 0 aromatic heterocycles. The number of rotatable bonds is 6. The second-order valence-corrected chi connectivity index (χ2v) is 7.99. The minimum Gasteiger partial charge on any atom is -0.463 e. The summed E-state index contributed by atoms with van der Waals surface area (Å²) in [6.07, 6.45) is 4.67. The summed E-state index contributed by atoms with van der Waals surface area (Å²) in [5.41, 5.74) is 0. The zero-order chi connectivity index (χ0) is 22.1. The van der Waals surface area contributed by atoms with Crippen molar-refractivity contribution in [3.8, 4) is 0 Å². The first-order valence-corrected chi connectivity index (χ1v) is 10.6. The van der Waals surface area contributed by atoms with Gasteiger partial charge in [0.15, 0.2) is 18.3 Å². The van der Waals surface area contributed by atoms with Crippen LogP contribution < -0.4 is 0 Å². The average molecular weight is 427 g/mol. The van der Waals surface area contributed by atoms with Gasteiger partial charge < -0.3 is 19.1 Å². The molecule has 0 amide bonds. The molecule has 9 heteroatoms. The van der Waals surface area contributed by atoms with Crippen LogP contribution in [0.25, 0.3) is 0 Å². The van der Waals surface area contributed by atoms with Crippen LogP contribution in [-0.4, -0.2) is 54.8 Å². The smallest absolute Gasteiger partial charge is 0.303 e.